The van der Waals surface area contributed by atoms with Crippen LogP contribution < -0.4 is 0 Å². The van der Waals surface area contributed by atoms with Crippen LogP contribution in [0.1, 0.15) is 48.2 Å². The number of nitrogens with zero attached hydrogens (tertiary/aromatic N) is 1. The number of benzene rings is 1. The summed E-state index contributed by atoms with van der Waals surface area (Å²) < 4.78 is 82.3. The topological polar surface area (TPSA) is 46.6 Å². The van der Waals surface area contributed by atoms with Crippen molar-refractivity contribution in [2.45, 2.75) is 39.0 Å². The molecule has 0 heterocycles. The van der Waals surface area contributed by atoms with Crippen molar-refractivity contribution in [2.24, 2.45) is 0 Å². The molecule has 1 rings (SSSR count). The molecule has 0 aliphatic carbocycles. The number of ether oxygens (including phenoxy) is 1. The maximum absolute atomic E-state index is 12.9. The molecule has 0 bridgehead atoms. The molecule has 0 fully saturated rings. The third-order valence-corrected chi connectivity index (χ3v) is 3.51. The van der Waals surface area contributed by atoms with Crippen molar-refractivity contribution >= 4 is 11.9 Å². The lowest BCUT2D eigenvalue weighted by Gasteiger charge is -2.23. The molecule has 0 saturated heterocycles. The first-order chi connectivity index (χ1) is 12.4. The molecule has 1 aromatic carbocycles. The number of carbonyl (C=O) groups excluding carboxylic acids is 2. The highest BCUT2D eigenvalue weighted by molar-refractivity contribution is 5.95. The van der Waals surface area contributed by atoms with Crippen molar-refractivity contribution in [3.05, 3.63) is 34.9 Å². The van der Waals surface area contributed by atoms with E-state index in [2.05, 4.69) is 0 Å². The van der Waals surface area contributed by atoms with Gasteiger partial charge in [-0.15, -0.1) is 0 Å². The lowest BCUT2D eigenvalue weighted by Crippen LogP contribution is -2.34. The van der Waals surface area contributed by atoms with Gasteiger partial charge in [-0.3, -0.25) is 9.59 Å². The maximum Gasteiger partial charge on any atom is 0.416 e. The van der Waals surface area contributed by atoms with E-state index in [1.165, 1.54) is 0 Å². The highest BCUT2D eigenvalue weighted by Crippen LogP contribution is 2.36. The average molecular weight is 399 g/mol. The van der Waals surface area contributed by atoms with Gasteiger partial charge < -0.3 is 9.64 Å². The number of alkyl halides is 6. The van der Waals surface area contributed by atoms with Gasteiger partial charge in [0.15, 0.2) is 0 Å². The predicted molar refractivity (Wildman–Crippen MR) is 83.9 cm³/mol. The zero-order valence-electron chi connectivity index (χ0n) is 14.7. The van der Waals surface area contributed by atoms with Gasteiger partial charge in [0.2, 0.25) is 0 Å². The zero-order valence-corrected chi connectivity index (χ0v) is 14.7. The van der Waals surface area contributed by atoms with Crippen LogP contribution in [0.15, 0.2) is 18.2 Å². The molecule has 0 aromatic heterocycles. The summed E-state index contributed by atoms with van der Waals surface area (Å²) in [7, 11) is 0. The Kier molecular flexibility index (Phi) is 7.67. The third kappa shape index (κ3) is 6.76. The predicted octanol–water partition coefficient (Wildman–Crippen LogP) is 4.53. The molecule has 10 heteroatoms. The number of amides is 1. The fourth-order valence-electron chi connectivity index (χ4n) is 2.31. The molecule has 1 aromatic rings. The highest BCUT2D eigenvalue weighted by atomic mass is 19.4. The SMILES string of the molecule is CCCN(CCC(=O)OCC)C(=O)c1cc(C(F)(F)F)cc(C(F)(F)F)c1. The van der Waals surface area contributed by atoms with Gasteiger partial charge in [-0.1, -0.05) is 6.92 Å². The fourth-order valence-corrected chi connectivity index (χ4v) is 2.31. The fraction of sp³-hybridized carbons (Fsp3) is 0.529. The van der Waals surface area contributed by atoms with Crippen molar-refractivity contribution in [3.63, 3.8) is 0 Å². The van der Waals surface area contributed by atoms with Gasteiger partial charge in [-0.25, -0.2) is 0 Å². The summed E-state index contributed by atoms with van der Waals surface area (Å²) >= 11 is 0. The van der Waals surface area contributed by atoms with Crippen LogP contribution in [0.4, 0.5) is 26.3 Å². The number of carbonyl (C=O) groups is 2. The van der Waals surface area contributed by atoms with E-state index in [-0.39, 0.29) is 32.2 Å². The van der Waals surface area contributed by atoms with E-state index in [9.17, 15) is 35.9 Å². The Balaban J connectivity index is 3.22. The average Bonchev–Trinajstić information content (AvgIpc) is 2.56. The molecule has 152 valence electrons. The van der Waals surface area contributed by atoms with Crippen molar-refractivity contribution in [1.82, 2.24) is 4.90 Å². The molecule has 0 saturated carbocycles. The van der Waals surface area contributed by atoms with Crippen LogP contribution in [0.25, 0.3) is 0 Å². The van der Waals surface area contributed by atoms with E-state index < -0.39 is 40.9 Å². The zero-order chi connectivity index (χ0) is 20.8. The Morgan fingerprint density at radius 3 is 1.85 bits per heavy atom. The first-order valence-corrected chi connectivity index (χ1v) is 8.14. The first kappa shape index (κ1) is 22.8. The summed E-state index contributed by atoms with van der Waals surface area (Å²) in [5.41, 5.74) is -3.88. The van der Waals surface area contributed by atoms with Crippen molar-refractivity contribution in [2.75, 3.05) is 19.7 Å². The van der Waals surface area contributed by atoms with E-state index in [1.807, 2.05) is 0 Å². The molecule has 0 aliphatic rings. The van der Waals surface area contributed by atoms with E-state index >= 15 is 0 Å². The molecule has 1 amide bonds. The molecule has 0 radical (unpaired) electrons. The summed E-state index contributed by atoms with van der Waals surface area (Å²) in [6, 6.07) is 0.717. The Hall–Kier alpha value is -2.26. The summed E-state index contributed by atoms with van der Waals surface area (Å²) in [6.07, 6.45) is -9.90. The van der Waals surface area contributed by atoms with Crippen LogP contribution in [-0.4, -0.2) is 36.5 Å². The number of halogens is 6. The number of rotatable bonds is 7. The Labute approximate surface area is 152 Å². The lowest BCUT2D eigenvalue weighted by atomic mass is 10.0. The molecular formula is C17H19F6NO3. The van der Waals surface area contributed by atoms with Gasteiger partial charge in [0.05, 0.1) is 24.2 Å². The molecule has 0 spiro atoms. The Morgan fingerprint density at radius 2 is 1.44 bits per heavy atom. The minimum absolute atomic E-state index is 0.0421. The maximum atomic E-state index is 12.9. The Morgan fingerprint density at radius 1 is 0.926 bits per heavy atom. The quantitative estimate of drug-likeness (QED) is 0.500. The second kappa shape index (κ2) is 9.09. The summed E-state index contributed by atoms with van der Waals surface area (Å²) in [6.45, 7) is 3.26. The standard InChI is InChI=1S/C17H19F6NO3/c1-3-6-24(7-5-14(25)27-4-2)15(26)11-8-12(16(18,19)20)10-13(9-11)17(21,22)23/h8-10H,3-7H2,1-2H3. The van der Waals surface area contributed by atoms with Gasteiger partial charge in [0.25, 0.3) is 5.91 Å². The Bertz CT molecular complexity index is 637. The first-order valence-electron chi connectivity index (χ1n) is 8.14. The van der Waals surface area contributed by atoms with Crippen molar-refractivity contribution in [1.29, 1.82) is 0 Å². The highest BCUT2D eigenvalue weighted by Gasteiger charge is 2.37. The second-order valence-corrected chi connectivity index (χ2v) is 5.64. The third-order valence-electron chi connectivity index (χ3n) is 3.51. The molecule has 27 heavy (non-hydrogen) atoms. The number of hydrogen-bond acceptors (Lipinski definition) is 3. The van der Waals surface area contributed by atoms with Gasteiger partial charge in [0, 0.05) is 18.7 Å². The molecular weight excluding hydrogens is 380 g/mol. The molecule has 0 N–H and O–H groups in total. The lowest BCUT2D eigenvalue weighted by molar-refractivity contribution is -0.144. The number of hydrogen-bond donors (Lipinski definition) is 0. The van der Waals surface area contributed by atoms with E-state index in [0.717, 1.165) is 4.90 Å². The van der Waals surface area contributed by atoms with Crippen LogP contribution in [-0.2, 0) is 21.9 Å². The monoisotopic (exact) mass is 399 g/mol. The van der Waals surface area contributed by atoms with Crippen LogP contribution in [0.5, 0.6) is 0 Å². The minimum Gasteiger partial charge on any atom is -0.466 e. The van der Waals surface area contributed by atoms with E-state index in [4.69, 9.17) is 4.74 Å². The van der Waals surface area contributed by atoms with E-state index in [0.29, 0.717) is 18.6 Å². The van der Waals surface area contributed by atoms with Crippen LogP contribution in [0, 0.1) is 0 Å². The van der Waals surface area contributed by atoms with Crippen molar-refractivity contribution < 1.29 is 40.7 Å². The normalized spacial score (nSPS) is 12.0. The minimum atomic E-state index is -5.04. The number of esters is 1. The van der Waals surface area contributed by atoms with Crippen molar-refractivity contribution in [3.8, 4) is 0 Å². The van der Waals surface area contributed by atoms with Gasteiger partial charge in [-0.2, -0.15) is 26.3 Å². The molecule has 4 nitrogen and oxygen atoms in total. The van der Waals surface area contributed by atoms with Gasteiger partial charge >= 0.3 is 18.3 Å². The van der Waals surface area contributed by atoms with Crippen LogP contribution in [0.2, 0.25) is 0 Å². The molecule has 0 atom stereocenters. The van der Waals surface area contributed by atoms with E-state index in [1.54, 1.807) is 13.8 Å². The molecule has 0 unspecified atom stereocenters. The smallest absolute Gasteiger partial charge is 0.416 e. The summed E-state index contributed by atoms with van der Waals surface area (Å²) in [4.78, 5) is 25.0. The largest absolute Gasteiger partial charge is 0.466 e. The molecule has 0 aliphatic heterocycles. The van der Waals surface area contributed by atoms with Gasteiger partial charge in [-0.05, 0) is 31.5 Å². The summed E-state index contributed by atoms with van der Waals surface area (Å²) in [5, 5.41) is 0. The van der Waals surface area contributed by atoms with Gasteiger partial charge in [0.1, 0.15) is 0 Å². The summed E-state index contributed by atoms with van der Waals surface area (Å²) in [5.74, 6) is -1.64. The second-order valence-electron chi connectivity index (χ2n) is 5.64. The van der Waals surface area contributed by atoms with Crippen LogP contribution >= 0.6 is 0 Å². The van der Waals surface area contributed by atoms with Crippen LogP contribution in [0.3, 0.4) is 0 Å².